The molecule has 0 fully saturated rings. The number of carbonyl (C=O) groups excluding carboxylic acids is 1. The van der Waals surface area contributed by atoms with Crippen molar-refractivity contribution in [3.63, 3.8) is 0 Å². The van der Waals surface area contributed by atoms with Crippen LogP contribution in [0.3, 0.4) is 0 Å². The van der Waals surface area contributed by atoms with Crippen molar-refractivity contribution in [2.75, 3.05) is 7.05 Å². The van der Waals surface area contributed by atoms with E-state index in [1.807, 2.05) is 0 Å². The molecule has 0 saturated heterocycles. The van der Waals surface area contributed by atoms with Gasteiger partial charge in [-0.25, -0.2) is 17.5 Å². The molecule has 0 aliphatic carbocycles. The highest BCUT2D eigenvalue weighted by Gasteiger charge is 2.12. The van der Waals surface area contributed by atoms with E-state index in [1.165, 1.54) is 37.4 Å². The second kappa shape index (κ2) is 6.67. The molecule has 0 radical (unpaired) electrons. The van der Waals surface area contributed by atoms with Gasteiger partial charge in [-0.05, 0) is 37.4 Å². The third-order valence-corrected chi connectivity index (χ3v) is 4.52. The van der Waals surface area contributed by atoms with E-state index < -0.39 is 21.7 Å². The summed E-state index contributed by atoms with van der Waals surface area (Å²) in [6, 6.07) is 11.6. The van der Waals surface area contributed by atoms with E-state index in [2.05, 4.69) is 10.0 Å². The monoisotopic (exact) mass is 322 g/mol. The van der Waals surface area contributed by atoms with Gasteiger partial charge in [-0.2, -0.15) is 0 Å². The second-order valence-corrected chi connectivity index (χ2v) is 6.39. The molecule has 0 aliphatic rings. The summed E-state index contributed by atoms with van der Waals surface area (Å²) >= 11 is 0. The third-order valence-electron chi connectivity index (χ3n) is 3.09. The maximum absolute atomic E-state index is 13.4. The van der Waals surface area contributed by atoms with Gasteiger partial charge in [0.25, 0.3) is 5.91 Å². The van der Waals surface area contributed by atoms with Gasteiger partial charge in [0.05, 0.1) is 4.90 Å². The summed E-state index contributed by atoms with van der Waals surface area (Å²) in [6.45, 7) is 0.0576. The summed E-state index contributed by atoms with van der Waals surface area (Å²) < 4.78 is 38.8. The minimum Gasteiger partial charge on any atom is -0.348 e. The molecule has 0 bridgehead atoms. The molecule has 5 nitrogen and oxygen atoms in total. The first-order chi connectivity index (χ1) is 10.4. The van der Waals surface area contributed by atoms with Crippen molar-refractivity contribution in [2.24, 2.45) is 0 Å². The number of benzene rings is 2. The number of rotatable bonds is 5. The summed E-state index contributed by atoms with van der Waals surface area (Å²) in [5.41, 5.74) is 0.677. The van der Waals surface area contributed by atoms with Gasteiger partial charge < -0.3 is 5.32 Å². The van der Waals surface area contributed by atoms with Gasteiger partial charge in [0.15, 0.2) is 0 Å². The SMILES string of the molecule is CNS(=O)(=O)c1ccc(C(=O)NCc2ccccc2F)cc1. The van der Waals surface area contributed by atoms with Crippen LogP contribution in [0.2, 0.25) is 0 Å². The predicted molar refractivity (Wildman–Crippen MR) is 80.3 cm³/mol. The lowest BCUT2D eigenvalue weighted by Gasteiger charge is -2.07. The van der Waals surface area contributed by atoms with Crippen LogP contribution in [0.5, 0.6) is 0 Å². The Hall–Kier alpha value is -2.25. The smallest absolute Gasteiger partial charge is 0.251 e. The molecule has 0 atom stereocenters. The Morgan fingerprint density at radius 3 is 2.32 bits per heavy atom. The number of hydrogen-bond acceptors (Lipinski definition) is 3. The molecule has 0 heterocycles. The fourth-order valence-electron chi connectivity index (χ4n) is 1.82. The normalized spacial score (nSPS) is 11.2. The standard InChI is InChI=1S/C15H15FN2O3S/c1-17-22(20,21)13-8-6-11(7-9-13)15(19)18-10-12-4-2-3-5-14(12)16/h2-9,17H,10H2,1H3,(H,18,19). The number of hydrogen-bond donors (Lipinski definition) is 2. The van der Waals surface area contributed by atoms with Crippen LogP contribution in [-0.4, -0.2) is 21.4 Å². The zero-order valence-electron chi connectivity index (χ0n) is 11.8. The number of nitrogens with one attached hydrogen (secondary N) is 2. The van der Waals surface area contributed by atoms with E-state index in [9.17, 15) is 17.6 Å². The van der Waals surface area contributed by atoms with Gasteiger partial charge in [0.1, 0.15) is 5.82 Å². The quantitative estimate of drug-likeness (QED) is 0.879. The first-order valence-corrected chi connectivity index (χ1v) is 7.97. The van der Waals surface area contributed by atoms with Crippen molar-refractivity contribution in [3.8, 4) is 0 Å². The van der Waals surface area contributed by atoms with Crippen molar-refractivity contribution in [2.45, 2.75) is 11.4 Å². The van der Waals surface area contributed by atoms with Crippen LogP contribution < -0.4 is 10.0 Å². The molecule has 2 N–H and O–H groups in total. The number of sulfonamides is 1. The molecule has 7 heteroatoms. The van der Waals surface area contributed by atoms with E-state index >= 15 is 0 Å². The highest BCUT2D eigenvalue weighted by molar-refractivity contribution is 7.89. The lowest BCUT2D eigenvalue weighted by atomic mass is 10.2. The van der Waals surface area contributed by atoms with Crippen molar-refractivity contribution in [1.82, 2.24) is 10.0 Å². The van der Waals surface area contributed by atoms with E-state index in [4.69, 9.17) is 0 Å². The largest absolute Gasteiger partial charge is 0.348 e. The molecule has 2 aromatic carbocycles. The van der Waals surface area contributed by atoms with Crippen molar-refractivity contribution in [3.05, 3.63) is 65.5 Å². The molecule has 22 heavy (non-hydrogen) atoms. The molecule has 0 aromatic heterocycles. The average molecular weight is 322 g/mol. The number of amides is 1. The van der Waals surface area contributed by atoms with Gasteiger partial charge in [-0.1, -0.05) is 18.2 Å². The summed E-state index contributed by atoms with van der Waals surface area (Å²) in [5, 5.41) is 2.58. The summed E-state index contributed by atoms with van der Waals surface area (Å²) in [7, 11) is -2.22. The average Bonchev–Trinajstić information content (AvgIpc) is 2.54. The maximum Gasteiger partial charge on any atom is 0.251 e. The number of carbonyl (C=O) groups is 1. The van der Waals surface area contributed by atoms with Crippen LogP contribution in [-0.2, 0) is 16.6 Å². The Morgan fingerprint density at radius 2 is 1.73 bits per heavy atom. The van der Waals surface area contributed by atoms with Crippen molar-refractivity contribution in [1.29, 1.82) is 0 Å². The Bertz CT molecular complexity index is 774. The fraction of sp³-hybridized carbons (Fsp3) is 0.133. The molecule has 0 aliphatic heterocycles. The molecule has 2 rings (SSSR count). The molecule has 1 amide bonds. The zero-order chi connectivity index (χ0) is 16.2. The molecule has 2 aromatic rings. The molecular formula is C15H15FN2O3S. The van der Waals surface area contributed by atoms with Crippen LogP contribution >= 0.6 is 0 Å². The third kappa shape index (κ3) is 3.69. The molecular weight excluding hydrogens is 307 g/mol. The summed E-state index contributed by atoms with van der Waals surface area (Å²) in [6.07, 6.45) is 0. The van der Waals surface area contributed by atoms with E-state index in [0.29, 0.717) is 11.1 Å². The Morgan fingerprint density at radius 1 is 1.09 bits per heavy atom. The van der Waals surface area contributed by atoms with Gasteiger partial charge in [0, 0.05) is 17.7 Å². The van der Waals surface area contributed by atoms with Gasteiger partial charge in [0.2, 0.25) is 10.0 Å². The van der Waals surface area contributed by atoms with Gasteiger partial charge >= 0.3 is 0 Å². The predicted octanol–water partition coefficient (Wildman–Crippen LogP) is 1.66. The van der Waals surface area contributed by atoms with Crippen LogP contribution in [0.4, 0.5) is 4.39 Å². The van der Waals surface area contributed by atoms with Crippen LogP contribution in [0, 0.1) is 5.82 Å². The highest BCUT2D eigenvalue weighted by Crippen LogP contribution is 2.11. The Labute approximate surface area is 128 Å². The molecule has 0 spiro atoms. The van der Waals surface area contributed by atoms with E-state index in [0.717, 1.165) is 0 Å². The van der Waals surface area contributed by atoms with E-state index in [1.54, 1.807) is 18.2 Å². The summed E-state index contributed by atoms with van der Waals surface area (Å²) in [5.74, 6) is -0.796. The van der Waals surface area contributed by atoms with Crippen molar-refractivity contribution >= 4 is 15.9 Å². The lowest BCUT2D eigenvalue weighted by Crippen LogP contribution is -2.23. The molecule has 0 unspecified atom stereocenters. The minimum atomic E-state index is -3.53. The zero-order valence-corrected chi connectivity index (χ0v) is 12.7. The van der Waals surface area contributed by atoms with E-state index in [-0.39, 0.29) is 11.4 Å². The molecule has 0 saturated carbocycles. The highest BCUT2D eigenvalue weighted by atomic mass is 32.2. The van der Waals surface area contributed by atoms with Crippen molar-refractivity contribution < 1.29 is 17.6 Å². The lowest BCUT2D eigenvalue weighted by molar-refractivity contribution is 0.0950. The van der Waals surface area contributed by atoms with Crippen LogP contribution in [0.25, 0.3) is 0 Å². The fourth-order valence-corrected chi connectivity index (χ4v) is 2.55. The van der Waals surface area contributed by atoms with Crippen LogP contribution in [0.1, 0.15) is 15.9 Å². The first kappa shape index (κ1) is 16.1. The first-order valence-electron chi connectivity index (χ1n) is 6.49. The van der Waals surface area contributed by atoms with Gasteiger partial charge in [-0.3, -0.25) is 4.79 Å². The topological polar surface area (TPSA) is 75.3 Å². The Balaban J connectivity index is 2.06. The minimum absolute atomic E-state index is 0.0576. The Kier molecular flexibility index (Phi) is 4.89. The van der Waals surface area contributed by atoms with Gasteiger partial charge in [-0.15, -0.1) is 0 Å². The number of halogens is 1. The second-order valence-electron chi connectivity index (χ2n) is 4.51. The van der Waals surface area contributed by atoms with Crippen LogP contribution in [0.15, 0.2) is 53.4 Å². The molecule has 116 valence electrons. The summed E-state index contributed by atoms with van der Waals surface area (Å²) in [4.78, 5) is 12.0. The maximum atomic E-state index is 13.4.